The third kappa shape index (κ3) is 2.82. The van der Waals surface area contributed by atoms with Gasteiger partial charge in [-0.3, -0.25) is 4.79 Å². The summed E-state index contributed by atoms with van der Waals surface area (Å²) in [7, 11) is 0. The second-order valence-corrected chi connectivity index (χ2v) is 5.91. The van der Waals surface area contributed by atoms with Gasteiger partial charge in [-0.2, -0.15) is 0 Å². The number of aromatic nitrogens is 2. The van der Waals surface area contributed by atoms with Crippen LogP contribution in [0, 0.1) is 0 Å². The molecule has 1 saturated heterocycles. The van der Waals surface area contributed by atoms with Crippen LogP contribution in [-0.4, -0.2) is 29.0 Å². The highest BCUT2D eigenvalue weighted by Gasteiger charge is 2.16. The van der Waals surface area contributed by atoms with Gasteiger partial charge in [0.25, 0.3) is 5.91 Å². The number of nitrogens with one attached hydrogen (secondary N) is 1. The topological polar surface area (TPSA) is 71.3 Å². The van der Waals surface area contributed by atoms with Crippen LogP contribution in [0.2, 0.25) is 0 Å². The van der Waals surface area contributed by atoms with Crippen molar-refractivity contribution < 1.29 is 9.21 Å². The SMILES string of the molecule is O=C(Nc1ccc2ncnc(N3CCCCC3)c2c1)c1ccco1. The molecule has 0 spiro atoms. The summed E-state index contributed by atoms with van der Waals surface area (Å²) in [4.78, 5) is 23.3. The van der Waals surface area contributed by atoms with E-state index in [9.17, 15) is 4.79 Å². The van der Waals surface area contributed by atoms with Gasteiger partial charge in [-0.1, -0.05) is 0 Å². The molecule has 24 heavy (non-hydrogen) atoms. The van der Waals surface area contributed by atoms with Crippen molar-refractivity contribution in [1.29, 1.82) is 0 Å². The number of fused-ring (bicyclic) bond motifs is 1. The van der Waals surface area contributed by atoms with Gasteiger partial charge in [0.05, 0.1) is 11.8 Å². The number of rotatable bonds is 3. The number of hydrogen-bond acceptors (Lipinski definition) is 5. The quantitative estimate of drug-likeness (QED) is 0.799. The van der Waals surface area contributed by atoms with Crippen LogP contribution >= 0.6 is 0 Å². The zero-order valence-electron chi connectivity index (χ0n) is 13.2. The van der Waals surface area contributed by atoms with Gasteiger partial charge in [-0.15, -0.1) is 0 Å². The summed E-state index contributed by atoms with van der Waals surface area (Å²) in [5, 5.41) is 3.82. The minimum absolute atomic E-state index is 0.268. The van der Waals surface area contributed by atoms with Gasteiger partial charge in [0.2, 0.25) is 0 Å². The predicted molar refractivity (Wildman–Crippen MR) is 92.3 cm³/mol. The molecule has 0 unspecified atom stereocenters. The molecule has 122 valence electrons. The van der Waals surface area contributed by atoms with Crippen molar-refractivity contribution in [2.24, 2.45) is 0 Å². The van der Waals surface area contributed by atoms with E-state index in [1.165, 1.54) is 25.5 Å². The van der Waals surface area contributed by atoms with Crippen molar-refractivity contribution in [3.05, 3.63) is 48.7 Å². The minimum Gasteiger partial charge on any atom is -0.459 e. The molecule has 0 radical (unpaired) electrons. The average molecular weight is 322 g/mol. The number of benzene rings is 1. The fourth-order valence-corrected chi connectivity index (χ4v) is 3.08. The van der Waals surface area contributed by atoms with E-state index in [0.717, 1.165) is 29.8 Å². The summed E-state index contributed by atoms with van der Waals surface area (Å²) in [5.74, 6) is 0.959. The molecule has 0 atom stereocenters. The molecule has 3 aromatic rings. The molecule has 1 aromatic carbocycles. The van der Waals surface area contributed by atoms with Crippen LogP contribution in [-0.2, 0) is 0 Å². The van der Waals surface area contributed by atoms with Crippen LogP contribution in [0.1, 0.15) is 29.8 Å². The van der Waals surface area contributed by atoms with Crippen LogP contribution in [0.5, 0.6) is 0 Å². The average Bonchev–Trinajstić information content (AvgIpc) is 3.17. The van der Waals surface area contributed by atoms with E-state index in [0.29, 0.717) is 5.69 Å². The number of carbonyl (C=O) groups excluding carboxylic acids is 1. The molecule has 0 saturated carbocycles. The number of nitrogens with zero attached hydrogens (tertiary/aromatic N) is 3. The Kier molecular flexibility index (Phi) is 3.86. The summed E-state index contributed by atoms with van der Waals surface area (Å²) in [6.07, 6.45) is 6.72. The van der Waals surface area contributed by atoms with Crippen LogP contribution in [0.3, 0.4) is 0 Å². The lowest BCUT2D eigenvalue weighted by atomic mass is 10.1. The normalized spacial score (nSPS) is 14.8. The maximum atomic E-state index is 12.2. The summed E-state index contributed by atoms with van der Waals surface area (Å²) >= 11 is 0. The monoisotopic (exact) mass is 322 g/mol. The first-order valence-corrected chi connectivity index (χ1v) is 8.16. The van der Waals surface area contributed by atoms with Gasteiger partial charge in [0.1, 0.15) is 12.1 Å². The Balaban J connectivity index is 1.67. The van der Waals surface area contributed by atoms with E-state index in [-0.39, 0.29) is 11.7 Å². The first-order valence-electron chi connectivity index (χ1n) is 8.16. The maximum absolute atomic E-state index is 12.2. The third-order valence-corrected chi connectivity index (χ3v) is 4.27. The van der Waals surface area contributed by atoms with E-state index >= 15 is 0 Å². The second kappa shape index (κ2) is 6.31. The van der Waals surface area contributed by atoms with E-state index in [2.05, 4.69) is 20.2 Å². The number of furan rings is 1. The molecule has 1 amide bonds. The van der Waals surface area contributed by atoms with Crippen LogP contribution in [0.15, 0.2) is 47.3 Å². The molecular weight excluding hydrogens is 304 g/mol. The van der Waals surface area contributed by atoms with E-state index < -0.39 is 0 Å². The molecule has 2 aromatic heterocycles. The van der Waals surface area contributed by atoms with Crippen LogP contribution < -0.4 is 10.2 Å². The molecule has 0 bridgehead atoms. The number of hydrogen-bond donors (Lipinski definition) is 1. The molecule has 1 fully saturated rings. The Morgan fingerprint density at radius 3 is 2.79 bits per heavy atom. The fourth-order valence-electron chi connectivity index (χ4n) is 3.08. The van der Waals surface area contributed by atoms with Gasteiger partial charge < -0.3 is 14.6 Å². The Bertz CT molecular complexity index is 855. The lowest BCUT2D eigenvalue weighted by Crippen LogP contribution is -2.30. The molecular formula is C18H18N4O2. The van der Waals surface area contributed by atoms with E-state index in [1.54, 1.807) is 18.5 Å². The van der Waals surface area contributed by atoms with Crippen molar-refractivity contribution in [3.63, 3.8) is 0 Å². The van der Waals surface area contributed by atoms with Crippen molar-refractivity contribution in [1.82, 2.24) is 9.97 Å². The Morgan fingerprint density at radius 2 is 2.00 bits per heavy atom. The predicted octanol–water partition coefficient (Wildman–Crippen LogP) is 3.47. The number of anilines is 2. The summed E-state index contributed by atoms with van der Waals surface area (Å²) < 4.78 is 5.13. The smallest absolute Gasteiger partial charge is 0.291 e. The standard InChI is InChI=1S/C18H18N4O2/c23-18(16-5-4-10-24-16)21-13-6-7-15-14(11-13)17(20-12-19-15)22-8-2-1-3-9-22/h4-7,10-12H,1-3,8-9H2,(H,21,23). The van der Waals surface area contributed by atoms with Gasteiger partial charge >= 0.3 is 0 Å². The summed E-state index contributed by atoms with van der Waals surface area (Å²) in [6, 6.07) is 9.01. The number of piperidine rings is 1. The van der Waals surface area contributed by atoms with Gasteiger partial charge in [-0.05, 0) is 49.6 Å². The van der Waals surface area contributed by atoms with Gasteiger partial charge in [-0.25, -0.2) is 9.97 Å². The molecule has 1 aliphatic rings. The Morgan fingerprint density at radius 1 is 1.12 bits per heavy atom. The summed E-state index contributed by atoms with van der Waals surface area (Å²) in [6.45, 7) is 2.02. The molecule has 1 aliphatic heterocycles. The van der Waals surface area contributed by atoms with Crippen molar-refractivity contribution in [2.45, 2.75) is 19.3 Å². The number of carbonyl (C=O) groups is 1. The third-order valence-electron chi connectivity index (χ3n) is 4.27. The van der Waals surface area contributed by atoms with Gasteiger partial charge in [0.15, 0.2) is 5.76 Å². The number of amides is 1. The molecule has 1 N–H and O–H groups in total. The van der Waals surface area contributed by atoms with Crippen LogP contribution in [0.4, 0.5) is 11.5 Å². The largest absolute Gasteiger partial charge is 0.459 e. The minimum atomic E-state index is -0.268. The maximum Gasteiger partial charge on any atom is 0.291 e. The highest BCUT2D eigenvalue weighted by molar-refractivity contribution is 6.04. The van der Waals surface area contributed by atoms with Crippen LogP contribution in [0.25, 0.3) is 10.9 Å². The second-order valence-electron chi connectivity index (χ2n) is 5.91. The first-order chi connectivity index (χ1) is 11.8. The van der Waals surface area contributed by atoms with Crippen molar-refractivity contribution in [3.8, 4) is 0 Å². The summed E-state index contributed by atoms with van der Waals surface area (Å²) in [5.41, 5.74) is 1.58. The van der Waals surface area contributed by atoms with Crippen molar-refractivity contribution in [2.75, 3.05) is 23.3 Å². The fraction of sp³-hybridized carbons (Fsp3) is 0.278. The van der Waals surface area contributed by atoms with Gasteiger partial charge in [0, 0.05) is 24.2 Å². The zero-order valence-corrected chi connectivity index (χ0v) is 13.2. The van der Waals surface area contributed by atoms with Crippen molar-refractivity contribution >= 4 is 28.3 Å². The first kappa shape index (κ1) is 14.7. The Labute approximate surface area is 139 Å². The lowest BCUT2D eigenvalue weighted by Gasteiger charge is -2.28. The highest BCUT2D eigenvalue weighted by Crippen LogP contribution is 2.28. The Hall–Kier alpha value is -2.89. The molecule has 6 heteroatoms. The highest BCUT2D eigenvalue weighted by atomic mass is 16.3. The van der Waals surface area contributed by atoms with E-state index in [4.69, 9.17) is 4.42 Å². The molecule has 6 nitrogen and oxygen atoms in total. The molecule has 3 heterocycles. The lowest BCUT2D eigenvalue weighted by molar-refractivity contribution is 0.0996. The molecule has 4 rings (SSSR count). The zero-order chi connectivity index (χ0) is 16.4. The molecule has 0 aliphatic carbocycles. The van der Waals surface area contributed by atoms with E-state index in [1.807, 2.05) is 18.2 Å².